The molecule has 0 fully saturated rings. The summed E-state index contributed by atoms with van der Waals surface area (Å²) < 4.78 is 34.1. The van der Waals surface area contributed by atoms with Crippen LogP contribution in [0.15, 0.2) is 36.9 Å². The number of hydrogen-bond acceptors (Lipinski definition) is 5. The van der Waals surface area contributed by atoms with E-state index in [4.69, 9.17) is 17.5 Å². The number of rotatable bonds is 2. The van der Waals surface area contributed by atoms with Gasteiger partial charge >= 0.3 is 37.7 Å². The molecule has 0 amide bonds. The van der Waals surface area contributed by atoms with E-state index < -0.39 is 10.4 Å². The fourth-order valence-corrected chi connectivity index (χ4v) is 0.839. The van der Waals surface area contributed by atoms with Crippen LogP contribution in [-0.2, 0) is 16.8 Å². The maximum Gasteiger partial charge on any atom is 2.00 e. The van der Waals surface area contributed by atoms with Crippen molar-refractivity contribution in [2.45, 2.75) is 6.42 Å². The van der Waals surface area contributed by atoms with Crippen molar-refractivity contribution in [1.82, 2.24) is 0 Å². The van der Waals surface area contributed by atoms with E-state index in [0.717, 1.165) is 12.0 Å². The zero-order valence-electron chi connectivity index (χ0n) is 8.50. The Morgan fingerprint density at radius 3 is 2.12 bits per heavy atom. The van der Waals surface area contributed by atoms with Crippen LogP contribution < -0.4 is 0 Å². The third-order valence-electron chi connectivity index (χ3n) is 1.36. The van der Waals surface area contributed by atoms with Crippen LogP contribution in [0.1, 0.15) is 5.56 Å². The number of para-hydroxylation sites is 1. The fourth-order valence-electron chi connectivity index (χ4n) is 0.839. The molecule has 0 unspecified atom stereocenters. The van der Waals surface area contributed by atoms with Gasteiger partial charge in [0.25, 0.3) is 0 Å². The predicted molar refractivity (Wildman–Crippen MR) is 58.2 cm³/mol. The number of allylic oxidation sites excluding steroid dienone is 1. The number of hydrogen-bond donors (Lipinski definition) is 1. The average molecular weight is 270 g/mol. The summed E-state index contributed by atoms with van der Waals surface area (Å²) in [6, 6.07) is 7.27. The van der Waals surface area contributed by atoms with Crippen molar-refractivity contribution in [3.8, 4) is 5.75 Å². The van der Waals surface area contributed by atoms with Crippen molar-refractivity contribution in [2.24, 2.45) is 0 Å². The zero-order chi connectivity index (χ0) is 11.9. The first-order valence-electron chi connectivity index (χ1n) is 3.89. The molecule has 84 valence electrons. The van der Waals surface area contributed by atoms with Crippen molar-refractivity contribution >= 4 is 48.1 Å². The normalized spacial score (nSPS) is 9.38. The second-order valence-electron chi connectivity index (χ2n) is 2.53. The van der Waals surface area contributed by atoms with Crippen LogP contribution in [0.25, 0.3) is 0 Å². The third kappa shape index (κ3) is 12.0. The van der Waals surface area contributed by atoms with Crippen LogP contribution >= 0.6 is 0 Å². The van der Waals surface area contributed by atoms with Gasteiger partial charge in [-0.05, 0) is 18.1 Å². The summed E-state index contributed by atoms with van der Waals surface area (Å²) in [5, 5.41) is 9.19. The SMILES string of the molecule is C=CCc1ccccc1O.O=S(=O)([O-])[O-].[Ca+2]. The van der Waals surface area contributed by atoms with Gasteiger partial charge in [-0.1, -0.05) is 24.3 Å². The van der Waals surface area contributed by atoms with E-state index in [1.165, 1.54) is 0 Å². The Hall–Kier alpha value is -0.110. The summed E-state index contributed by atoms with van der Waals surface area (Å²) in [7, 11) is -5.17. The maximum atomic E-state index is 9.19. The quantitative estimate of drug-likeness (QED) is 0.363. The van der Waals surface area contributed by atoms with Crippen molar-refractivity contribution in [1.29, 1.82) is 0 Å². The minimum Gasteiger partial charge on any atom is -0.759 e. The summed E-state index contributed by atoms with van der Waals surface area (Å²) in [5.41, 5.74) is 0.928. The van der Waals surface area contributed by atoms with Gasteiger partial charge in [0.15, 0.2) is 0 Å². The summed E-state index contributed by atoms with van der Waals surface area (Å²) in [6.45, 7) is 3.59. The van der Waals surface area contributed by atoms with E-state index in [2.05, 4.69) is 6.58 Å². The standard InChI is InChI=1S/C9H10O.Ca.H2O4S/c1-2-5-8-6-3-4-7-9(8)10;;1-5(2,3)4/h2-4,6-7,10H,1,5H2;;(H2,1,2,3,4)/q;+2;/p-2. The van der Waals surface area contributed by atoms with Crippen molar-refractivity contribution in [3.63, 3.8) is 0 Å². The van der Waals surface area contributed by atoms with Gasteiger partial charge in [0, 0.05) is 10.4 Å². The molecular formula is C9H10CaO5S. The van der Waals surface area contributed by atoms with Gasteiger partial charge in [-0.3, -0.25) is 8.42 Å². The Morgan fingerprint density at radius 2 is 1.75 bits per heavy atom. The summed E-state index contributed by atoms with van der Waals surface area (Å²) >= 11 is 0. The molecule has 5 nitrogen and oxygen atoms in total. The predicted octanol–water partition coefficient (Wildman–Crippen LogP) is 0.402. The first kappa shape index (κ1) is 18.3. The molecule has 0 bridgehead atoms. The minimum absolute atomic E-state index is 0. The number of phenolic OH excluding ortho intramolecular Hbond substituents is 1. The molecule has 0 saturated heterocycles. The average Bonchev–Trinajstić information content (AvgIpc) is 2.06. The summed E-state index contributed by atoms with van der Waals surface area (Å²) in [6.07, 6.45) is 2.50. The van der Waals surface area contributed by atoms with E-state index in [1.54, 1.807) is 12.1 Å². The molecule has 0 aliphatic rings. The Balaban J connectivity index is 0. The summed E-state index contributed by atoms with van der Waals surface area (Å²) in [4.78, 5) is 0. The second kappa shape index (κ2) is 8.98. The van der Waals surface area contributed by atoms with Gasteiger partial charge in [-0.25, -0.2) is 0 Å². The van der Waals surface area contributed by atoms with Crippen LogP contribution in [0, 0.1) is 0 Å². The van der Waals surface area contributed by atoms with Crippen molar-refractivity contribution in [3.05, 3.63) is 42.5 Å². The molecule has 0 aromatic heterocycles. The molecular weight excluding hydrogens is 260 g/mol. The van der Waals surface area contributed by atoms with Gasteiger partial charge in [-0.15, -0.1) is 6.58 Å². The molecule has 0 atom stereocenters. The molecule has 1 N–H and O–H groups in total. The number of aromatic hydroxyl groups is 1. The van der Waals surface area contributed by atoms with Crippen LogP contribution in [0.5, 0.6) is 5.75 Å². The topological polar surface area (TPSA) is 100 Å². The van der Waals surface area contributed by atoms with Crippen molar-refractivity contribution < 1.29 is 22.6 Å². The Kier molecular flexibility index (Phi) is 10.2. The van der Waals surface area contributed by atoms with Gasteiger partial charge in [0.1, 0.15) is 5.75 Å². The first-order valence-corrected chi connectivity index (χ1v) is 5.22. The largest absolute Gasteiger partial charge is 2.00 e. The summed E-state index contributed by atoms with van der Waals surface area (Å²) in [5.74, 6) is 0.349. The number of benzene rings is 1. The van der Waals surface area contributed by atoms with Crippen LogP contribution in [-0.4, -0.2) is 60.4 Å². The smallest absolute Gasteiger partial charge is 0.759 e. The Labute approximate surface area is 124 Å². The van der Waals surface area contributed by atoms with Gasteiger partial charge < -0.3 is 14.2 Å². The van der Waals surface area contributed by atoms with Crippen molar-refractivity contribution in [2.75, 3.05) is 0 Å². The molecule has 1 rings (SSSR count). The molecule has 1 aromatic rings. The number of phenols is 1. The Bertz CT molecular complexity index is 408. The second-order valence-corrected chi connectivity index (χ2v) is 3.35. The van der Waals surface area contributed by atoms with Crippen LogP contribution in [0.4, 0.5) is 0 Å². The monoisotopic (exact) mass is 270 g/mol. The van der Waals surface area contributed by atoms with E-state index >= 15 is 0 Å². The third-order valence-corrected chi connectivity index (χ3v) is 1.36. The molecule has 0 heterocycles. The van der Waals surface area contributed by atoms with E-state index in [0.29, 0.717) is 5.75 Å². The van der Waals surface area contributed by atoms with Crippen LogP contribution in [0.3, 0.4) is 0 Å². The zero-order valence-corrected chi connectivity index (χ0v) is 11.5. The molecule has 0 radical (unpaired) electrons. The molecule has 1 aromatic carbocycles. The van der Waals surface area contributed by atoms with Crippen LogP contribution in [0.2, 0.25) is 0 Å². The van der Waals surface area contributed by atoms with Gasteiger partial charge in [-0.2, -0.15) is 0 Å². The molecule has 7 heteroatoms. The van der Waals surface area contributed by atoms with Gasteiger partial charge in [0.05, 0.1) is 0 Å². The fraction of sp³-hybridized carbons (Fsp3) is 0.111. The van der Waals surface area contributed by atoms with E-state index in [-0.39, 0.29) is 37.7 Å². The molecule has 0 saturated carbocycles. The molecule has 0 spiro atoms. The minimum atomic E-state index is -5.17. The molecule has 0 aliphatic carbocycles. The molecule has 16 heavy (non-hydrogen) atoms. The Morgan fingerprint density at radius 1 is 1.31 bits per heavy atom. The van der Waals surface area contributed by atoms with E-state index in [9.17, 15) is 5.11 Å². The molecule has 0 aliphatic heterocycles. The maximum absolute atomic E-state index is 9.19. The van der Waals surface area contributed by atoms with E-state index in [1.807, 2.05) is 18.2 Å². The van der Waals surface area contributed by atoms with Gasteiger partial charge in [0.2, 0.25) is 0 Å². The first-order chi connectivity index (χ1) is 6.84.